The van der Waals surface area contributed by atoms with Gasteiger partial charge < -0.3 is 20.7 Å². The first kappa shape index (κ1) is 16.7. The van der Waals surface area contributed by atoms with Crippen molar-refractivity contribution >= 4 is 11.6 Å². The minimum atomic E-state index is 0.259. The molecule has 0 radical (unpaired) electrons. The van der Waals surface area contributed by atoms with Crippen LogP contribution in [0.25, 0.3) is 0 Å². The first-order valence-corrected chi connectivity index (χ1v) is 7.02. The summed E-state index contributed by atoms with van der Waals surface area (Å²) < 4.78 is 5.54. The fourth-order valence-corrected chi connectivity index (χ4v) is 1.57. The number of hydrogen-bond acceptors (Lipinski definition) is 6. The monoisotopic (exact) mass is 281 g/mol. The van der Waals surface area contributed by atoms with Gasteiger partial charge in [0.15, 0.2) is 0 Å². The van der Waals surface area contributed by atoms with Gasteiger partial charge in [-0.25, -0.2) is 9.97 Å². The molecule has 0 unspecified atom stereocenters. The normalized spacial score (nSPS) is 11.3. The summed E-state index contributed by atoms with van der Waals surface area (Å²) in [4.78, 5) is 10.9. The fourth-order valence-electron chi connectivity index (χ4n) is 1.57. The lowest BCUT2D eigenvalue weighted by Crippen LogP contribution is -2.20. The summed E-state index contributed by atoms with van der Waals surface area (Å²) in [5.74, 6) is 2.37. The van der Waals surface area contributed by atoms with E-state index in [1.807, 2.05) is 21.0 Å². The Morgan fingerprint density at radius 1 is 1.25 bits per heavy atom. The van der Waals surface area contributed by atoms with E-state index in [4.69, 9.17) is 10.5 Å². The first-order chi connectivity index (χ1) is 9.41. The standard InChI is InChI=1S/C14H27N5O/c1-10(2)13-17-12(15)11(3)14(18-13)16-6-8-20-9-7-19(4)5/h10H,6-9H2,1-5H3,(H3,15,16,17,18). The van der Waals surface area contributed by atoms with Crippen LogP contribution in [-0.4, -0.2) is 55.3 Å². The van der Waals surface area contributed by atoms with Crippen molar-refractivity contribution in [3.8, 4) is 0 Å². The third-order valence-electron chi connectivity index (χ3n) is 2.94. The minimum absolute atomic E-state index is 0.259. The summed E-state index contributed by atoms with van der Waals surface area (Å²) in [7, 11) is 4.06. The second-order valence-corrected chi connectivity index (χ2v) is 5.44. The van der Waals surface area contributed by atoms with Crippen LogP contribution in [0.1, 0.15) is 31.2 Å². The maximum atomic E-state index is 5.92. The summed E-state index contributed by atoms with van der Waals surface area (Å²) in [6.07, 6.45) is 0. The molecule has 1 aromatic heterocycles. The van der Waals surface area contributed by atoms with Crippen LogP contribution in [0.5, 0.6) is 0 Å². The lowest BCUT2D eigenvalue weighted by atomic mass is 10.2. The number of anilines is 2. The van der Waals surface area contributed by atoms with Crippen molar-refractivity contribution in [2.75, 3.05) is 51.4 Å². The van der Waals surface area contributed by atoms with Crippen molar-refractivity contribution in [3.63, 3.8) is 0 Å². The van der Waals surface area contributed by atoms with E-state index in [0.29, 0.717) is 19.0 Å². The summed E-state index contributed by atoms with van der Waals surface area (Å²) in [5, 5.41) is 3.27. The van der Waals surface area contributed by atoms with Gasteiger partial charge in [-0.1, -0.05) is 13.8 Å². The van der Waals surface area contributed by atoms with Gasteiger partial charge in [-0.15, -0.1) is 0 Å². The van der Waals surface area contributed by atoms with Crippen LogP contribution in [0.2, 0.25) is 0 Å². The lowest BCUT2D eigenvalue weighted by molar-refractivity contribution is 0.126. The molecule has 1 aromatic rings. The predicted molar refractivity (Wildman–Crippen MR) is 83.1 cm³/mol. The Bertz CT molecular complexity index is 420. The van der Waals surface area contributed by atoms with Crippen molar-refractivity contribution < 1.29 is 4.74 Å². The SMILES string of the molecule is Cc1c(N)nc(C(C)C)nc1NCCOCCN(C)C. The molecule has 0 aliphatic rings. The molecule has 0 aliphatic heterocycles. The van der Waals surface area contributed by atoms with Crippen LogP contribution in [0.15, 0.2) is 0 Å². The van der Waals surface area contributed by atoms with Crippen molar-refractivity contribution in [2.24, 2.45) is 0 Å². The Labute approximate surface area is 121 Å². The summed E-state index contributed by atoms with van der Waals surface area (Å²) in [5.41, 5.74) is 6.81. The van der Waals surface area contributed by atoms with Crippen LogP contribution in [0.3, 0.4) is 0 Å². The van der Waals surface area contributed by atoms with Crippen molar-refractivity contribution in [1.82, 2.24) is 14.9 Å². The summed E-state index contributed by atoms with van der Waals surface area (Å²) >= 11 is 0. The van der Waals surface area contributed by atoms with E-state index in [1.165, 1.54) is 0 Å². The molecule has 0 bridgehead atoms. The number of rotatable bonds is 8. The number of nitrogens with zero attached hydrogens (tertiary/aromatic N) is 3. The molecule has 1 heterocycles. The highest BCUT2D eigenvalue weighted by atomic mass is 16.5. The number of hydrogen-bond donors (Lipinski definition) is 2. The zero-order valence-corrected chi connectivity index (χ0v) is 13.2. The molecule has 114 valence electrons. The van der Waals surface area contributed by atoms with Crippen LogP contribution < -0.4 is 11.1 Å². The van der Waals surface area contributed by atoms with E-state index < -0.39 is 0 Å². The Balaban J connectivity index is 2.47. The van der Waals surface area contributed by atoms with Crippen molar-refractivity contribution in [2.45, 2.75) is 26.7 Å². The molecule has 6 nitrogen and oxygen atoms in total. The van der Waals surface area contributed by atoms with Crippen LogP contribution in [0.4, 0.5) is 11.6 Å². The summed E-state index contributed by atoms with van der Waals surface area (Å²) in [6.45, 7) is 9.05. The number of nitrogen functional groups attached to an aromatic ring is 1. The van der Waals surface area contributed by atoms with Gasteiger partial charge in [0.25, 0.3) is 0 Å². The second-order valence-electron chi connectivity index (χ2n) is 5.44. The Hall–Kier alpha value is -1.40. The number of aromatic nitrogens is 2. The third kappa shape index (κ3) is 5.30. The van der Waals surface area contributed by atoms with Gasteiger partial charge in [-0.3, -0.25) is 0 Å². The van der Waals surface area contributed by atoms with Gasteiger partial charge in [0.2, 0.25) is 0 Å². The Morgan fingerprint density at radius 2 is 1.95 bits per heavy atom. The highest BCUT2D eigenvalue weighted by Crippen LogP contribution is 2.20. The van der Waals surface area contributed by atoms with Crippen molar-refractivity contribution in [1.29, 1.82) is 0 Å². The zero-order valence-electron chi connectivity index (χ0n) is 13.2. The highest BCUT2D eigenvalue weighted by molar-refractivity contribution is 5.54. The molecule has 0 saturated carbocycles. The molecule has 6 heteroatoms. The number of likely N-dealkylation sites (N-methyl/N-ethyl adjacent to an activating group) is 1. The fraction of sp³-hybridized carbons (Fsp3) is 0.714. The highest BCUT2D eigenvalue weighted by Gasteiger charge is 2.10. The van der Waals surface area contributed by atoms with Gasteiger partial charge in [-0.05, 0) is 21.0 Å². The maximum absolute atomic E-state index is 5.92. The maximum Gasteiger partial charge on any atom is 0.135 e. The third-order valence-corrected chi connectivity index (χ3v) is 2.94. The number of nitrogens with one attached hydrogen (secondary N) is 1. The van der Waals surface area contributed by atoms with E-state index >= 15 is 0 Å². The lowest BCUT2D eigenvalue weighted by Gasteiger charge is -2.14. The molecule has 0 spiro atoms. The second kappa shape index (κ2) is 8.01. The molecular formula is C14H27N5O. The molecule has 0 saturated heterocycles. The van der Waals surface area contributed by atoms with E-state index in [9.17, 15) is 0 Å². The zero-order chi connectivity index (χ0) is 15.1. The van der Waals surface area contributed by atoms with Gasteiger partial charge in [0, 0.05) is 24.6 Å². The van der Waals surface area contributed by atoms with Gasteiger partial charge in [-0.2, -0.15) is 0 Å². The molecular weight excluding hydrogens is 254 g/mol. The summed E-state index contributed by atoms with van der Waals surface area (Å²) in [6, 6.07) is 0. The molecule has 0 aromatic carbocycles. The van der Waals surface area contributed by atoms with Crippen LogP contribution in [-0.2, 0) is 4.74 Å². The van der Waals surface area contributed by atoms with Gasteiger partial charge >= 0.3 is 0 Å². The van der Waals surface area contributed by atoms with E-state index in [1.54, 1.807) is 0 Å². The van der Waals surface area contributed by atoms with Gasteiger partial charge in [0.1, 0.15) is 17.5 Å². The van der Waals surface area contributed by atoms with E-state index in [2.05, 4.69) is 34.0 Å². The first-order valence-electron chi connectivity index (χ1n) is 7.02. The van der Waals surface area contributed by atoms with E-state index in [-0.39, 0.29) is 5.92 Å². The van der Waals surface area contributed by atoms with Gasteiger partial charge in [0.05, 0.1) is 13.2 Å². The molecule has 20 heavy (non-hydrogen) atoms. The minimum Gasteiger partial charge on any atom is -0.383 e. The number of ether oxygens (including phenoxy) is 1. The largest absolute Gasteiger partial charge is 0.383 e. The topological polar surface area (TPSA) is 76.3 Å². The average molecular weight is 281 g/mol. The molecule has 0 aliphatic carbocycles. The Morgan fingerprint density at radius 3 is 2.55 bits per heavy atom. The number of nitrogens with two attached hydrogens (primary N) is 1. The molecule has 0 amide bonds. The smallest absolute Gasteiger partial charge is 0.135 e. The van der Waals surface area contributed by atoms with Crippen molar-refractivity contribution in [3.05, 3.63) is 11.4 Å². The predicted octanol–water partition coefficient (Wildman–Crippen LogP) is 1.48. The average Bonchev–Trinajstić information content (AvgIpc) is 2.37. The molecule has 1 rings (SSSR count). The van der Waals surface area contributed by atoms with Crippen LogP contribution >= 0.6 is 0 Å². The van der Waals surface area contributed by atoms with E-state index in [0.717, 1.165) is 30.4 Å². The Kier molecular flexibility index (Phi) is 6.67. The molecule has 0 atom stereocenters. The van der Waals surface area contributed by atoms with Crippen LogP contribution in [0, 0.1) is 6.92 Å². The molecule has 3 N–H and O–H groups in total. The molecule has 0 fully saturated rings. The quantitative estimate of drug-likeness (QED) is 0.703.